The summed E-state index contributed by atoms with van der Waals surface area (Å²) in [5.74, 6) is 0.0320. The van der Waals surface area contributed by atoms with Crippen LogP contribution in [-0.2, 0) is 6.42 Å². The van der Waals surface area contributed by atoms with E-state index in [1.165, 1.54) is 12.8 Å². The predicted molar refractivity (Wildman–Crippen MR) is 79.7 cm³/mol. The fraction of sp³-hybridized carbons (Fsp3) is 0.312. The van der Waals surface area contributed by atoms with Gasteiger partial charge in [0.25, 0.3) is 0 Å². The Morgan fingerprint density at radius 1 is 1.14 bits per heavy atom. The van der Waals surface area contributed by atoms with Crippen molar-refractivity contribution < 1.29 is 9.90 Å². The van der Waals surface area contributed by atoms with Gasteiger partial charge in [0.15, 0.2) is 0 Å². The first-order valence-corrected chi connectivity index (χ1v) is 7.10. The van der Waals surface area contributed by atoms with E-state index in [9.17, 15) is 4.79 Å². The molecule has 0 bridgehead atoms. The van der Waals surface area contributed by atoms with Crippen LogP contribution in [0.5, 0.6) is 0 Å². The minimum absolute atomic E-state index is 0.302. The van der Waals surface area contributed by atoms with Crippen molar-refractivity contribution in [1.82, 2.24) is 9.97 Å². The van der Waals surface area contributed by atoms with E-state index in [-0.39, 0.29) is 0 Å². The van der Waals surface area contributed by atoms with E-state index in [1.54, 1.807) is 18.3 Å². The summed E-state index contributed by atoms with van der Waals surface area (Å²) in [6.45, 7) is 2.09. The molecule has 0 unspecified atom stereocenters. The van der Waals surface area contributed by atoms with Gasteiger partial charge in [0.1, 0.15) is 5.82 Å². The number of rotatable bonds is 4. The van der Waals surface area contributed by atoms with Crippen molar-refractivity contribution in [1.29, 1.82) is 0 Å². The second-order valence-electron chi connectivity index (χ2n) is 5.24. The highest BCUT2D eigenvalue weighted by Gasteiger charge is 2.14. The Bertz CT molecular complexity index is 634. The Kier molecular flexibility index (Phi) is 3.81. The van der Waals surface area contributed by atoms with Crippen LogP contribution in [0.3, 0.4) is 0 Å². The zero-order valence-electron chi connectivity index (χ0n) is 11.7. The fourth-order valence-corrected chi connectivity index (χ4v) is 2.55. The lowest BCUT2D eigenvalue weighted by Gasteiger charge is -2.16. The van der Waals surface area contributed by atoms with Gasteiger partial charge in [-0.05, 0) is 30.5 Å². The Labute approximate surface area is 123 Å². The fourth-order valence-electron chi connectivity index (χ4n) is 2.55. The summed E-state index contributed by atoms with van der Waals surface area (Å²) in [4.78, 5) is 22.0. The van der Waals surface area contributed by atoms with Crippen LogP contribution in [0, 0.1) is 0 Å². The average Bonchev–Trinajstić information content (AvgIpc) is 3.02. The van der Waals surface area contributed by atoms with Gasteiger partial charge in [-0.2, -0.15) is 0 Å². The highest BCUT2D eigenvalue weighted by molar-refractivity contribution is 5.87. The molecule has 2 heterocycles. The molecule has 5 heteroatoms. The van der Waals surface area contributed by atoms with E-state index < -0.39 is 5.97 Å². The van der Waals surface area contributed by atoms with Gasteiger partial charge in [-0.25, -0.2) is 9.78 Å². The second kappa shape index (κ2) is 5.91. The molecule has 1 aromatic carbocycles. The molecule has 0 amide bonds. The van der Waals surface area contributed by atoms with Gasteiger partial charge in [0, 0.05) is 25.7 Å². The molecule has 0 spiro atoms. The summed E-state index contributed by atoms with van der Waals surface area (Å²) < 4.78 is 0. The van der Waals surface area contributed by atoms with Crippen molar-refractivity contribution in [3.8, 4) is 0 Å². The second-order valence-corrected chi connectivity index (χ2v) is 5.24. The topological polar surface area (TPSA) is 66.3 Å². The van der Waals surface area contributed by atoms with E-state index in [2.05, 4.69) is 14.9 Å². The molecule has 2 aromatic rings. The van der Waals surface area contributed by atoms with Crippen molar-refractivity contribution >= 4 is 11.8 Å². The maximum atomic E-state index is 10.8. The lowest BCUT2D eigenvalue weighted by Crippen LogP contribution is -2.19. The summed E-state index contributed by atoms with van der Waals surface area (Å²) >= 11 is 0. The van der Waals surface area contributed by atoms with Crippen molar-refractivity contribution in [2.75, 3.05) is 18.0 Å². The molecule has 3 rings (SSSR count). The van der Waals surface area contributed by atoms with Crippen LogP contribution >= 0.6 is 0 Å². The van der Waals surface area contributed by atoms with Crippen LogP contribution in [0.15, 0.2) is 36.7 Å². The number of carboxylic acid groups (broad SMARTS) is 1. The SMILES string of the molecule is O=C(O)c1ccc(Cc2cncc(N3CCCC3)n2)cc1. The molecule has 5 nitrogen and oxygen atoms in total. The summed E-state index contributed by atoms with van der Waals surface area (Å²) in [5, 5.41) is 8.90. The van der Waals surface area contributed by atoms with Gasteiger partial charge in [-0.3, -0.25) is 4.98 Å². The van der Waals surface area contributed by atoms with E-state index in [1.807, 2.05) is 18.3 Å². The Hall–Kier alpha value is -2.43. The molecule has 0 saturated carbocycles. The van der Waals surface area contributed by atoms with Crippen LogP contribution < -0.4 is 4.90 Å². The van der Waals surface area contributed by atoms with Crippen molar-refractivity contribution in [3.63, 3.8) is 0 Å². The quantitative estimate of drug-likeness (QED) is 0.933. The van der Waals surface area contributed by atoms with E-state index in [4.69, 9.17) is 5.11 Å². The smallest absolute Gasteiger partial charge is 0.335 e. The number of aromatic nitrogens is 2. The number of anilines is 1. The minimum Gasteiger partial charge on any atom is -0.478 e. The Balaban J connectivity index is 1.75. The van der Waals surface area contributed by atoms with Crippen LogP contribution in [0.2, 0.25) is 0 Å². The first kappa shape index (κ1) is 13.5. The third kappa shape index (κ3) is 3.18. The molecule has 0 aliphatic carbocycles. The molecule has 1 fully saturated rings. The molecular weight excluding hydrogens is 266 g/mol. The molecular formula is C16H17N3O2. The number of benzene rings is 1. The van der Waals surface area contributed by atoms with E-state index in [0.717, 1.165) is 30.2 Å². The molecule has 1 N–H and O–H groups in total. The Morgan fingerprint density at radius 3 is 2.52 bits per heavy atom. The molecule has 21 heavy (non-hydrogen) atoms. The number of carbonyl (C=O) groups is 1. The van der Waals surface area contributed by atoms with Gasteiger partial charge in [0.2, 0.25) is 0 Å². The molecule has 1 aromatic heterocycles. The van der Waals surface area contributed by atoms with Gasteiger partial charge in [-0.15, -0.1) is 0 Å². The molecule has 0 atom stereocenters. The standard InChI is InChI=1S/C16H17N3O2/c20-16(21)13-5-3-12(4-6-13)9-14-10-17-11-15(18-14)19-7-1-2-8-19/h3-6,10-11H,1-2,7-9H2,(H,20,21). The largest absolute Gasteiger partial charge is 0.478 e. The van der Waals surface area contributed by atoms with Crippen molar-refractivity contribution in [2.45, 2.75) is 19.3 Å². The van der Waals surface area contributed by atoms with Crippen molar-refractivity contribution in [2.24, 2.45) is 0 Å². The van der Waals surface area contributed by atoms with Gasteiger partial charge in [-0.1, -0.05) is 12.1 Å². The lowest BCUT2D eigenvalue weighted by molar-refractivity contribution is 0.0697. The van der Waals surface area contributed by atoms with Crippen LogP contribution in [0.25, 0.3) is 0 Å². The van der Waals surface area contributed by atoms with E-state index in [0.29, 0.717) is 12.0 Å². The summed E-state index contributed by atoms with van der Waals surface area (Å²) in [6.07, 6.45) is 6.66. The average molecular weight is 283 g/mol. The predicted octanol–water partition coefficient (Wildman–Crippen LogP) is 2.37. The van der Waals surface area contributed by atoms with Gasteiger partial charge < -0.3 is 10.0 Å². The summed E-state index contributed by atoms with van der Waals surface area (Å²) in [5.41, 5.74) is 2.24. The number of aromatic carboxylic acids is 1. The van der Waals surface area contributed by atoms with Crippen LogP contribution in [0.4, 0.5) is 5.82 Å². The van der Waals surface area contributed by atoms with E-state index >= 15 is 0 Å². The monoisotopic (exact) mass is 283 g/mol. The van der Waals surface area contributed by atoms with Crippen LogP contribution in [-0.4, -0.2) is 34.1 Å². The normalized spacial score (nSPS) is 14.4. The molecule has 1 aliphatic rings. The summed E-state index contributed by atoms with van der Waals surface area (Å²) in [7, 11) is 0. The van der Waals surface area contributed by atoms with Gasteiger partial charge in [0.05, 0.1) is 17.5 Å². The zero-order valence-corrected chi connectivity index (χ0v) is 11.7. The number of nitrogens with zero attached hydrogens (tertiary/aromatic N) is 3. The number of hydrogen-bond donors (Lipinski definition) is 1. The van der Waals surface area contributed by atoms with Gasteiger partial charge >= 0.3 is 5.97 Å². The molecule has 1 aliphatic heterocycles. The maximum Gasteiger partial charge on any atom is 0.335 e. The third-order valence-corrected chi connectivity index (χ3v) is 3.69. The first-order chi connectivity index (χ1) is 10.2. The summed E-state index contributed by atoms with van der Waals surface area (Å²) in [6, 6.07) is 6.89. The number of hydrogen-bond acceptors (Lipinski definition) is 4. The molecule has 0 radical (unpaired) electrons. The van der Waals surface area contributed by atoms with Crippen molar-refractivity contribution in [3.05, 3.63) is 53.5 Å². The third-order valence-electron chi connectivity index (χ3n) is 3.69. The Morgan fingerprint density at radius 2 is 1.86 bits per heavy atom. The molecule has 108 valence electrons. The highest BCUT2D eigenvalue weighted by Crippen LogP contribution is 2.18. The zero-order chi connectivity index (χ0) is 14.7. The first-order valence-electron chi connectivity index (χ1n) is 7.10. The highest BCUT2D eigenvalue weighted by atomic mass is 16.4. The minimum atomic E-state index is -0.905. The van der Waals surface area contributed by atoms with Crippen LogP contribution in [0.1, 0.15) is 34.5 Å². The molecule has 1 saturated heterocycles. The maximum absolute atomic E-state index is 10.8. The lowest BCUT2D eigenvalue weighted by atomic mass is 10.1. The number of carboxylic acids is 1.